The number of hydrogen-bond donors (Lipinski definition) is 0. The first-order valence-corrected chi connectivity index (χ1v) is 4.83. The third kappa shape index (κ3) is 2.80. The summed E-state index contributed by atoms with van der Waals surface area (Å²) in [6.45, 7) is 0.432. The Hall–Kier alpha value is -1.45. The molecule has 0 aliphatic heterocycles. The first kappa shape index (κ1) is 10.6. The van der Waals surface area contributed by atoms with Gasteiger partial charge in [-0.2, -0.15) is 5.26 Å². The van der Waals surface area contributed by atoms with E-state index in [2.05, 4.69) is 27.9 Å². The predicted molar refractivity (Wildman–Crippen MR) is 57.8 cm³/mol. The van der Waals surface area contributed by atoms with Crippen LogP contribution in [-0.4, -0.2) is 6.61 Å². The van der Waals surface area contributed by atoms with E-state index in [-0.39, 0.29) is 0 Å². The molecule has 0 heterocycles. The number of nitrogens with zero attached hydrogens (tertiary/aromatic N) is 1. The van der Waals surface area contributed by atoms with Crippen molar-refractivity contribution in [1.29, 1.82) is 5.26 Å². The lowest BCUT2D eigenvalue weighted by Gasteiger charge is -2.05. The molecule has 1 aromatic rings. The van der Waals surface area contributed by atoms with Gasteiger partial charge in [0.25, 0.3) is 0 Å². The number of hydrogen-bond acceptors (Lipinski definition) is 2. The lowest BCUT2D eigenvalue weighted by molar-refractivity contribution is 0.326. The maximum absolute atomic E-state index is 8.78. The summed E-state index contributed by atoms with van der Waals surface area (Å²) in [5, 5.41) is 8.78. The SMILES string of the molecule is C#CCCOc1cc(Br)ccc1C#N. The average Bonchev–Trinajstić information content (AvgIpc) is 2.19. The van der Waals surface area contributed by atoms with Crippen LogP contribution in [0.5, 0.6) is 5.75 Å². The zero-order chi connectivity index (χ0) is 10.4. The van der Waals surface area contributed by atoms with Crippen molar-refractivity contribution in [3.63, 3.8) is 0 Å². The van der Waals surface area contributed by atoms with Gasteiger partial charge in [0.1, 0.15) is 11.8 Å². The minimum absolute atomic E-state index is 0.432. The van der Waals surface area contributed by atoms with Gasteiger partial charge in [-0.25, -0.2) is 0 Å². The molecule has 0 saturated heterocycles. The van der Waals surface area contributed by atoms with Crippen LogP contribution in [0.4, 0.5) is 0 Å². The molecule has 0 fully saturated rings. The molecule has 70 valence electrons. The molecule has 2 nitrogen and oxygen atoms in total. The maximum Gasteiger partial charge on any atom is 0.138 e. The standard InChI is InChI=1S/C11H8BrNO/c1-2-3-6-14-11-7-10(12)5-4-9(11)8-13/h1,4-5,7H,3,6H2. The Morgan fingerprint density at radius 1 is 1.50 bits per heavy atom. The number of benzene rings is 1. The second-order valence-corrected chi connectivity index (χ2v) is 3.47. The van der Waals surface area contributed by atoms with Gasteiger partial charge >= 0.3 is 0 Å². The molecule has 1 rings (SSSR count). The lowest BCUT2D eigenvalue weighted by atomic mass is 10.2. The molecular weight excluding hydrogens is 242 g/mol. The monoisotopic (exact) mass is 249 g/mol. The molecule has 0 aromatic heterocycles. The Labute approximate surface area is 91.6 Å². The van der Waals surface area contributed by atoms with Crippen LogP contribution in [0.25, 0.3) is 0 Å². The van der Waals surface area contributed by atoms with Gasteiger partial charge in [-0.3, -0.25) is 0 Å². The van der Waals surface area contributed by atoms with Gasteiger partial charge < -0.3 is 4.74 Å². The lowest BCUT2D eigenvalue weighted by Crippen LogP contribution is -1.97. The summed E-state index contributed by atoms with van der Waals surface area (Å²) in [5.41, 5.74) is 0.519. The molecule has 0 aliphatic carbocycles. The predicted octanol–water partition coefficient (Wildman–Crippen LogP) is 2.72. The van der Waals surface area contributed by atoms with E-state index in [1.165, 1.54) is 0 Å². The minimum atomic E-state index is 0.432. The van der Waals surface area contributed by atoms with E-state index in [0.29, 0.717) is 24.3 Å². The van der Waals surface area contributed by atoms with Crippen molar-refractivity contribution < 1.29 is 4.74 Å². The molecule has 0 atom stereocenters. The molecule has 0 unspecified atom stereocenters. The number of nitriles is 1. The number of rotatable bonds is 3. The molecule has 0 N–H and O–H groups in total. The molecule has 0 radical (unpaired) electrons. The van der Waals surface area contributed by atoms with Gasteiger partial charge in [-0.1, -0.05) is 15.9 Å². The van der Waals surface area contributed by atoms with Crippen LogP contribution in [0.15, 0.2) is 22.7 Å². The summed E-state index contributed by atoms with van der Waals surface area (Å²) in [5.74, 6) is 3.04. The molecule has 0 amide bonds. The highest BCUT2D eigenvalue weighted by Gasteiger charge is 2.02. The van der Waals surface area contributed by atoms with Gasteiger partial charge in [-0.15, -0.1) is 12.3 Å². The summed E-state index contributed by atoms with van der Waals surface area (Å²) in [7, 11) is 0. The Balaban J connectivity index is 2.80. The van der Waals surface area contributed by atoms with E-state index in [1.54, 1.807) is 18.2 Å². The van der Waals surface area contributed by atoms with E-state index in [1.807, 2.05) is 0 Å². The third-order valence-electron chi connectivity index (χ3n) is 1.57. The fraction of sp³-hybridized carbons (Fsp3) is 0.182. The summed E-state index contributed by atoms with van der Waals surface area (Å²) in [6, 6.07) is 7.31. The van der Waals surface area contributed by atoms with Crippen LogP contribution in [0.2, 0.25) is 0 Å². The van der Waals surface area contributed by atoms with Crippen molar-refractivity contribution in [3.05, 3.63) is 28.2 Å². The van der Waals surface area contributed by atoms with Crippen LogP contribution in [-0.2, 0) is 0 Å². The van der Waals surface area contributed by atoms with E-state index < -0.39 is 0 Å². The van der Waals surface area contributed by atoms with E-state index in [9.17, 15) is 0 Å². The molecule has 0 aliphatic rings. The molecular formula is C11H8BrNO. The normalized spacial score (nSPS) is 8.79. The Morgan fingerprint density at radius 2 is 2.29 bits per heavy atom. The highest BCUT2D eigenvalue weighted by Crippen LogP contribution is 2.22. The fourth-order valence-electron chi connectivity index (χ4n) is 0.928. The van der Waals surface area contributed by atoms with Crippen molar-refractivity contribution in [3.8, 4) is 24.2 Å². The highest BCUT2D eigenvalue weighted by atomic mass is 79.9. The van der Waals surface area contributed by atoms with E-state index >= 15 is 0 Å². The van der Waals surface area contributed by atoms with Crippen LogP contribution >= 0.6 is 15.9 Å². The smallest absolute Gasteiger partial charge is 0.138 e. The molecule has 0 saturated carbocycles. The number of halogens is 1. The molecule has 0 spiro atoms. The van der Waals surface area contributed by atoms with Crippen molar-refractivity contribution in [1.82, 2.24) is 0 Å². The van der Waals surface area contributed by atoms with E-state index in [4.69, 9.17) is 16.4 Å². The summed E-state index contributed by atoms with van der Waals surface area (Å²) < 4.78 is 6.24. The summed E-state index contributed by atoms with van der Waals surface area (Å²) in [6.07, 6.45) is 5.63. The van der Waals surface area contributed by atoms with Crippen LogP contribution < -0.4 is 4.74 Å². The van der Waals surface area contributed by atoms with Crippen LogP contribution in [0.3, 0.4) is 0 Å². The van der Waals surface area contributed by atoms with Crippen LogP contribution in [0.1, 0.15) is 12.0 Å². The first-order valence-electron chi connectivity index (χ1n) is 4.04. The molecule has 3 heteroatoms. The van der Waals surface area contributed by atoms with Crippen molar-refractivity contribution in [2.45, 2.75) is 6.42 Å². The first-order chi connectivity index (χ1) is 6.77. The van der Waals surface area contributed by atoms with Gasteiger partial charge in [0.2, 0.25) is 0 Å². The Morgan fingerprint density at radius 3 is 2.93 bits per heavy atom. The van der Waals surface area contributed by atoms with Gasteiger partial charge in [0.05, 0.1) is 12.2 Å². The number of ether oxygens (including phenoxy) is 1. The van der Waals surface area contributed by atoms with Crippen molar-refractivity contribution in [2.75, 3.05) is 6.61 Å². The van der Waals surface area contributed by atoms with Crippen molar-refractivity contribution >= 4 is 15.9 Å². The summed E-state index contributed by atoms with van der Waals surface area (Å²) in [4.78, 5) is 0. The van der Waals surface area contributed by atoms with Crippen molar-refractivity contribution in [2.24, 2.45) is 0 Å². The molecule has 14 heavy (non-hydrogen) atoms. The Kier molecular flexibility index (Phi) is 4.04. The largest absolute Gasteiger partial charge is 0.491 e. The van der Waals surface area contributed by atoms with Crippen LogP contribution in [0, 0.1) is 23.7 Å². The van der Waals surface area contributed by atoms with Gasteiger partial charge in [-0.05, 0) is 18.2 Å². The minimum Gasteiger partial charge on any atom is -0.491 e. The second kappa shape index (κ2) is 5.32. The number of terminal acetylenes is 1. The molecule has 0 bridgehead atoms. The molecule has 1 aromatic carbocycles. The topological polar surface area (TPSA) is 33.0 Å². The van der Waals surface area contributed by atoms with Gasteiger partial charge in [0, 0.05) is 10.9 Å². The Bertz CT molecular complexity index is 401. The third-order valence-corrected chi connectivity index (χ3v) is 2.06. The summed E-state index contributed by atoms with van der Waals surface area (Å²) >= 11 is 3.30. The average molecular weight is 250 g/mol. The second-order valence-electron chi connectivity index (χ2n) is 2.55. The fourth-order valence-corrected chi connectivity index (χ4v) is 1.27. The maximum atomic E-state index is 8.78. The zero-order valence-corrected chi connectivity index (χ0v) is 9.04. The zero-order valence-electron chi connectivity index (χ0n) is 7.46. The highest BCUT2D eigenvalue weighted by molar-refractivity contribution is 9.10. The van der Waals surface area contributed by atoms with Gasteiger partial charge in [0.15, 0.2) is 0 Å². The quantitative estimate of drug-likeness (QED) is 0.610. The van der Waals surface area contributed by atoms with E-state index in [0.717, 1.165) is 4.47 Å².